The van der Waals surface area contributed by atoms with E-state index in [9.17, 15) is 24.5 Å². The molecular formula is C33H34N4O6. The molecule has 4 N–H and O–H groups in total. The maximum Gasteiger partial charge on any atom is 0.293 e. The van der Waals surface area contributed by atoms with E-state index in [1.54, 1.807) is 24.3 Å². The number of nitro groups is 1. The lowest BCUT2D eigenvalue weighted by molar-refractivity contribution is -0.383. The van der Waals surface area contributed by atoms with Crippen molar-refractivity contribution in [3.63, 3.8) is 0 Å². The van der Waals surface area contributed by atoms with Crippen LogP contribution in [0.1, 0.15) is 54.9 Å². The predicted molar refractivity (Wildman–Crippen MR) is 165 cm³/mol. The molecule has 1 saturated carbocycles. The minimum absolute atomic E-state index is 0.0203. The minimum atomic E-state index is -0.888. The molecule has 0 unspecified atom stereocenters. The molecule has 0 saturated heterocycles. The Morgan fingerprint density at radius 2 is 1.72 bits per heavy atom. The third-order valence-electron chi connectivity index (χ3n) is 8.15. The number of hydrogen-bond acceptors (Lipinski definition) is 7. The van der Waals surface area contributed by atoms with E-state index in [4.69, 9.17) is 10.2 Å². The van der Waals surface area contributed by atoms with Crippen molar-refractivity contribution in [2.24, 2.45) is 11.7 Å². The second-order valence-electron chi connectivity index (χ2n) is 11.1. The van der Waals surface area contributed by atoms with Crippen LogP contribution < -0.4 is 21.8 Å². The Hall–Kier alpha value is -4.99. The SMILES string of the molecule is C[C@@H](Nc1cc2oc(-c3ccc(C(=O)N[C@@H](Cc4ccccc4)C(N)=O)cc3)cc(=O)c2cc1[N+](=O)[O-])C1CCCCC1. The molecule has 1 aromatic heterocycles. The molecule has 1 aliphatic carbocycles. The first-order valence-electron chi connectivity index (χ1n) is 14.5. The molecule has 10 nitrogen and oxygen atoms in total. The first-order valence-corrected chi connectivity index (χ1v) is 14.5. The van der Waals surface area contributed by atoms with Crippen molar-refractivity contribution in [1.82, 2.24) is 5.32 Å². The van der Waals surface area contributed by atoms with Crippen LogP contribution in [0.3, 0.4) is 0 Å². The topological polar surface area (TPSA) is 158 Å². The molecule has 4 aromatic rings. The van der Waals surface area contributed by atoms with E-state index in [-0.39, 0.29) is 34.9 Å². The highest BCUT2D eigenvalue weighted by Gasteiger charge is 2.25. The van der Waals surface area contributed by atoms with Crippen molar-refractivity contribution >= 4 is 34.2 Å². The van der Waals surface area contributed by atoms with Gasteiger partial charge in [-0.05, 0) is 43.4 Å². The zero-order valence-electron chi connectivity index (χ0n) is 23.9. The van der Waals surface area contributed by atoms with E-state index in [1.807, 2.05) is 37.3 Å². The Balaban J connectivity index is 1.38. The van der Waals surface area contributed by atoms with Crippen molar-refractivity contribution in [1.29, 1.82) is 0 Å². The van der Waals surface area contributed by atoms with Crippen LogP contribution >= 0.6 is 0 Å². The number of amides is 2. The second-order valence-corrected chi connectivity index (χ2v) is 11.1. The van der Waals surface area contributed by atoms with Crippen LogP contribution in [-0.2, 0) is 11.2 Å². The molecule has 1 heterocycles. The monoisotopic (exact) mass is 582 g/mol. The van der Waals surface area contributed by atoms with E-state index in [0.29, 0.717) is 22.7 Å². The fourth-order valence-electron chi connectivity index (χ4n) is 5.70. The third-order valence-corrected chi connectivity index (χ3v) is 8.15. The maximum atomic E-state index is 13.0. The summed E-state index contributed by atoms with van der Waals surface area (Å²) in [5.41, 5.74) is 7.16. The largest absolute Gasteiger partial charge is 0.456 e. The van der Waals surface area contributed by atoms with E-state index in [0.717, 1.165) is 31.2 Å². The summed E-state index contributed by atoms with van der Waals surface area (Å²) >= 11 is 0. The van der Waals surface area contributed by atoms with Gasteiger partial charge in [-0.1, -0.05) is 61.7 Å². The average Bonchev–Trinajstić information content (AvgIpc) is 3.01. The van der Waals surface area contributed by atoms with Crippen LogP contribution in [0.5, 0.6) is 0 Å². The zero-order valence-corrected chi connectivity index (χ0v) is 23.9. The van der Waals surface area contributed by atoms with Crippen molar-refractivity contribution in [3.8, 4) is 11.3 Å². The Morgan fingerprint density at radius 3 is 2.37 bits per heavy atom. The lowest BCUT2D eigenvalue weighted by Gasteiger charge is -2.28. The summed E-state index contributed by atoms with van der Waals surface area (Å²) in [4.78, 5) is 49.3. The first kappa shape index (κ1) is 29.5. The second kappa shape index (κ2) is 12.9. The van der Waals surface area contributed by atoms with Gasteiger partial charge in [0.25, 0.3) is 11.6 Å². The number of carbonyl (C=O) groups is 2. The normalized spacial score (nSPS) is 15.0. The van der Waals surface area contributed by atoms with E-state index in [1.165, 1.54) is 24.6 Å². The standard InChI is InChI=1S/C33H34N4O6/c1-20(22-10-6-3-7-11-22)35-26-18-31-25(17-28(26)37(41)42)29(38)19-30(43-31)23-12-14-24(15-13-23)33(40)36-27(32(34)39)16-21-8-4-2-5-9-21/h2,4-5,8-9,12-15,17-20,22,27,35H,3,6-7,10-11,16H2,1H3,(H2,34,39)(H,36,40)/t20-,27+/m1/s1. The van der Waals surface area contributed by atoms with Gasteiger partial charge in [-0.15, -0.1) is 0 Å². The number of hydrogen-bond donors (Lipinski definition) is 3. The Bertz CT molecular complexity index is 1690. The quantitative estimate of drug-likeness (QED) is 0.163. The Kier molecular flexibility index (Phi) is 8.85. The molecule has 1 aliphatic rings. The summed E-state index contributed by atoms with van der Waals surface area (Å²) in [5.74, 6) is -0.450. The molecule has 10 heteroatoms. The van der Waals surface area contributed by atoms with Gasteiger partial charge in [-0.25, -0.2) is 0 Å². The molecule has 2 amide bonds. The Labute approximate surface area is 248 Å². The number of carbonyl (C=O) groups excluding carboxylic acids is 2. The number of nitrogens with zero attached hydrogens (tertiary/aromatic N) is 1. The lowest BCUT2D eigenvalue weighted by atomic mass is 9.84. The zero-order chi connectivity index (χ0) is 30.5. The molecule has 43 heavy (non-hydrogen) atoms. The van der Waals surface area contributed by atoms with Crippen molar-refractivity contribution in [3.05, 3.63) is 104 Å². The highest BCUT2D eigenvalue weighted by Crippen LogP contribution is 2.34. The van der Waals surface area contributed by atoms with Crippen LogP contribution in [-0.4, -0.2) is 28.8 Å². The molecule has 222 valence electrons. The summed E-state index contributed by atoms with van der Waals surface area (Å²) in [6.07, 6.45) is 5.90. The summed E-state index contributed by atoms with van der Waals surface area (Å²) in [7, 11) is 0. The number of nitrogens with two attached hydrogens (primary N) is 1. The summed E-state index contributed by atoms with van der Waals surface area (Å²) in [6, 6.07) is 18.8. The van der Waals surface area contributed by atoms with Gasteiger partial charge in [-0.3, -0.25) is 24.5 Å². The number of benzene rings is 3. The molecule has 1 fully saturated rings. The van der Waals surface area contributed by atoms with Crippen molar-refractivity contribution in [2.45, 2.75) is 57.5 Å². The number of rotatable bonds is 10. The lowest BCUT2D eigenvalue weighted by Crippen LogP contribution is -2.45. The van der Waals surface area contributed by atoms with Crippen LogP contribution in [0.4, 0.5) is 11.4 Å². The molecule has 0 radical (unpaired) electrons. The summed E-state index contributed by atoms with van der Waals surface area (Å²) in [5, 5.41) is 18.0. The predicted octanol–water partition coefficient (Wildman–Crippen LogP) is 5.58. The highest BCUT2D eigenvalue weighted by atomic mass is 16.6. The number of nitro benzene ring substituents is 1. The van der Waals surface area contributed by atoms with E-state index in [2.05, 4.69) is 10.6 Å². The van der Waals surface area contributed by atoms with Crippen LogP contribution in [0.2, 0.25) is 0 Å². The van der Waals surface area contributed by atoms with Gasteiger partial charge in [0, 0.05) is 41.8 Å². The first-order chi connectivity index (χ1) is 20.7. The van der Waals surface area contributed by atoms with Crippen LogP contribution in [0.15, 0.2) is 82.0 Å². The van der Waals surface area contributed by atoms with Crippen molar-refractivity contribution in [2.75, 3.05) is 5.32 Å². The fourth-order valence-corrected chi connectivity index (χ4v) is 5.70. The van der Waals surface area contributed by atoms with Gasteiger partial charge < -0.3 is 20.8 Å². The molecule has 2 atom stereocenters. The van der Waals surface area contributed by atoms with Gasteiger partial charge in [0.15, 0.2) is 5.43 Å². The fraction of sp³-hybridized carbons (Fsp3) is 0.303. The molecule has 3 aromatic carbocycles. The number of anilines is 1. The van der Waals surface area contributed by atoms with E-state index < -0.39 is 28.2 Å². The minimum Gasteiger partial charge on any atom is -0.456 e. The average molecular weight is 583 g/mol. The third kappa shape index (κ3) is 6.91. The molecule has 5 rings (SSSR count). The van der Waals surface area contributed by atoms with Gasteiger partial charge in [0.2, 0.25) is 5.91 Å². The molecule has 0 bridgehead atoms. The molecular weight excluding hydrogens is 548 g/mol. The Morgan fingerprint density at radius 1 is 1.02 bits per heavy atom. The summed E-state index contributed by atoms with van der Waals surface area (Å²) < 4.78 is 6.07. The number of primary amides is 1. The van der Waals surface area contributed by atoms with Gasteiger partial charge in [0.05, 0.1) is 10.3 Å². The van der Waals surface area contributed by atoms with Gasteiger partial charge in [0.1, 0.15) is 23.1 Å². The van der Waals surface area contributed by atoms with Crippen molar-refractivity contribution < 1.29 is 18.9 Å². The van der Waals surface area contributed by atoms with Gasteiger partial charge in [-0.2, -0.15) is 0 Å². The summed E-state index contributed by atoms with van der Waals surface area (Å²) in [6.45, 7) is 2.03. The molecule has 0 aliphatic heterocycles. The smallest absolute Gasteiger partial charge is 0.293 e. The molecule has 0 spiro atoms. The maximum absolute atomic E-state index is 13.0. The number of nitrogens with one attached hydrogen (secondary N) is 2. The van der Waals surface area contributed by atoms with E-state index >= 15 is 0 Å². The van der Waals surface area contributed by atoms with Crippen LogP contribution in [0.25, 0.3) is 22.3 Å². The highest BCUT2D eigenvalue weighted by molar-refractivity contribution is 5.97. The van der Waals surface area contributed by atoms with Gasteiger partial charge >= 0.3 is 0 Å². The number of fused-ring (bicyclic) bond motifs is 1. The van der Waals surface area contributed by atoms with Crippen LogP contribution in [0, 0.1) is 16.0 Å².